The third-order valence-electron chi connectivity index (χ3n) is 4.30. The molecule has 1 aromatic heterocycles. The van der Waals surface area contributed by atoms with Crippen LogP contribution >= 0.6 is 0 Å². The summed E-state index contributed by atoms with van der Waals surface area (Å²) in [4.78, 5) is 4.47. The van der Waals surface area contributed by atoms with Crippen LogP contribution in [0, 0.1) is 5.41 Å². The van der Waals surface area contributed by atoms with Crippen LogP contribution in [0.25, 0.3) is 11.0 Å². The Morgan fingerprint density at radius 1 is 1.22 bits per heavy atom. The molecule has 18 heavy (non-hydrogen) atoms. The van der Waals surface area contributed by atoms with Crippen LogP contribution in [0.15, 0.2) is 24.3 Å². The summed E-state index contributed by atoms with van der Waals surface area (Å²) < 4.78 is 2.24. The molecule has 3 nitrogen and oxygen atoms in total. The van der Waals surface area contributed by atoms with E-state index >= 15 is 0 Å². The average Bonchev–Trinajstić information content (AvgIpc) is 2.66. The predicted molar refractivity (Wildman–Crippen MR) is 75.4 cm³/mol. The lowest BCUT2D eigenvalue weighted by molar-refractivity contribution is 0.197. The zero-order chi connectivity index (χ0) is 12.8. The van der Waals surface area contributed by atoms with Crippen LogP contribution in [-0.4, -0.2) is 9.55 Å². The Kier molecular flexibility index (Phi) is 2.58. The molecule has 0 bridgehead atoms. The highest BCUT2D eigenvalue weighted by molar-refractivity contribution is 5.78. The van der Waals surface area contributed by atoms with Crippen molar-refractivity contribution in [1.82, 2.24) is 9.55 Å². The molecule has 1 aliphatic rings. The number of anilines is 1. The van der Waals surface area contributed by atoms with E-state index in [1.165, 1.54) is 31.2 Å². The Morgan fingerprint density at radius 2 is 1.89 bits per heavy atom. The van der Waals surface area contributed by atoms with Crippen molar-refractivity contribution < 1.29 is 0 Å². The molecule has 0 radical (unpaired) electrons. The Hall–Kier alpha value is -1.51. The summed E-state index contributed by atoms with van der Waals surface area (Å²) in [6, 6.07) is 8.76. The molecule has 96 valence electrons. The van der Waals surface area contributed by atoms with Gasteiger partial charge in [0.05, 0.1) is 11.0 Å². The molecule has 2 N–H and O–H groups in total. The third kappa shape index (κ3) is 1.88. The maximum Gasteiger partial charge on any atom is 0.201 e. The first-order valence-corrected chi connectivity index (χ1v) is 6.79. The molecule has 0 unspecified atom stereocenters. The predicted octanol–water partition coefficient (Wildman–Crippen LogP) is 3.76. The molecule has 1 fully saturated rings. The van der Waals surface area contributed by atoms with Crippen molar-refractivity contribution in [2.75, 3.05) is 5.73 Å². The van der Waals surface area contributed by atoms with Gasteiger partial charge in [-0.3, -0.25) is 0 Å². The highest BCUT2D eigenvalue weighted by Crippen LogP contribution is 2.41. The molecule has 1 saturated carbocycles. The number of benzene rings is 1. The van der Waals surface area contributed by atoms with E-state index in [0.717, 1.165) is 5.52 Å². The molecule has 2 aromatic rings. The van der Waals surface area contributed by atoms with E-state index in [9.17, 15) is 0 Å². The maximum absolute atomic E-state index is 6.10. The fraction of sp³-hybridized carbons (Fsp3) is 0.533. The molecule has 0 saturated heterocycles. The molecule has 1 aliphatic carbocycles. The van der Waals surface area contributed by atoms with Gasteiger partial charge in [0.1, 0.15) is 0 Å². The van der Waals surface area contributed by atoms with Gasteiger partial charge in [0, 0.05) is 6.04 Å². The lowest BCUT2D eigenvalue weighted by atomic mass is 9.75. The summed E-state index contributed by atoms with van der Waals surface area (Å²) in [6.07, 6.45) is 4.95. The number of rotatable bonds is 1. The van der Waals surface area contributed by atoms with Crippen LogP contribution in [-0.2, 0) is 0 Å². The van der Waals surface area contributed by atoms with Gasteiger partial charge >= 0.3 is 0 Å². The smallest absolute Gasteiger partial charge is 0.201 e. The number of nitrogen functional groups attached to an aromatic ring is 1. The van der Waals surface area contributed by atoms with Crippen molar-refractivity contribution >= 4 is 17.0 Å². The first kappa shape index (κ1) is 11.6. The van der Waals surface area contributed by atoms with Gasteiger partial charge in [-0.25, -0.2) is 4.98 Å². The molecule has 0 aliphatic heterocycles. The van der Waals surface area contributed by atoms with E-state index < -0.39 is 0 Å². The summed E-state index contributed by atoms with van der Waals surface area (Å²) in [5, 5.41) is 0. The Bertz CT molecular complexity index is 558. The van der Waals surface area contributed by atoms with Crippen LogP contribution < -0.4 is 5.73 Å². The minimum atomic E-state index is 0.488. The zero-order valence-corrected chi connectivity index (χ0v) is 11.2. The molecule has 0 amide bonds. The first-order chi connectivity index (χ1) is 8.57. The van der Waals surface area contributed by atoms with Crippen LogP contribution in [0.5, 0.6) is 0 Å². The van der Waals surface area contributed by atoms with Crippen molar-refractivity contribution in [1.29, 1.82) is 0 Å². The SMILES string of the molecule is CC1(C)CCC(n2c(N)nc3ccccc32)CC1. The lowest BCUT2D eigenvalue weighted by Gasteiger charge is -2.35. The van der Waals surface area contributed by atoms with Crippen molar-refractivity contribution in [3.05, 3.63) is 24.3 Å². The Balaban J connectivity index is 1.97. The molecule has 0 atom stereocenters. The normalized spacial score (nSPS) is 20.3. The van der Waals surface area contributed by atoms with Gasteiger partial charge < -0.3 is 10.3 Å². The lowest BCUT2D eigenvalue weighted by Crippen LogP contribution is -2.24. The van der Waals surface area contributed by atoms with E-state index in [2.05, 4.69) is 35.5 Å². The van der Waals surface area contributed by atoms with E-state index in [0.29, 0.717) is 17.4 Å². The standard InChI is InChI=1S/C15H21N3/c1-15(2)9-7-11(8-10-15)18-13-6-4-3-5-12(13)17-14(18)16/h3-6,11H,7-10H2,1-2H3,(H2,16,17). The van der Waals surface area contributed by atoms with E-state index in [4.69, 9.17) is 5.73 Å². The Labute approximate surface area is 108 Å². The topological polar surface area (TPSA) is 43.8 Å². The molecule has 1 heterocycles. The highest BCUT2D eigenvalue weighted by atomic mass is 15.2. The fourth-order valence-corrected chi connectivity index (χ4v) is 3.09. The van der Waals surface area contributed by atoms with Crippen molar-refractivity contribution in [2.45, 2.75) is 45.6 Å². The van der Waals surface area contributed by atoms with Crippen molar-refractivity contribution in [2.24, 2.45) is 5.41 Å². The number of hydrogen-bond donors (Lipinski definition) is 1. The summed E-state index contributed by atoms with van der Waals surface area (Å²) in [5.41, 5.74) is 8.79. The summed E-state index contributed by atoms with van der Waals surface area (Å²) in [6.45, 7) is 4.72. The quantitative estimate of drug-likeness (QED) is 0.828. The minimum absolute atomic E-state index is 0.488. The summed E-state index contributed by atoms with van der Waals surface area (Å²) in [5.74, 6) is 0.668. The monoisotopic (exact) mass is 243 g/mol. The number of hydrogen-bond acceptors (Lipinski definition) is 2. The van der Waals surface area contributed by atoms with Crippen molar-refractivity contribution in [3.63, 3.8) is 0 Å². The highest BCUT2D eigenvalue weighted by Gasteiger charge is 2.29. The number of para-hydroxylation sites is 2. The van der Waals surface area contributed by atoms with Gasteiger partial charge in [0.15, 0.2) is 0 Å². The average molecular weight is 243 g/mol. The Morgan fingerprint density at radius 3 is 2.61 bits per heavy atom. The minimum Gasteiger partial charge on any atom is -0.369 e. The number of aromatic nitrogens is 2. The molecule has 3 heteroatoms. The largest absolute Gasteiger partial charge is 0.369 e. The van der Waals surface area contributed by atoms with Gasteiger partial charge in [0.2, 0.25) is 5.95 Å². The zero-order valence-electron chi connectivity index (χ0n) is 11.2. The molecular formula is C15H21N3. The van der Waals surface area contributed by atoms with E-state index in [1.807, 2.05) is 12.1 Å². The van der Waals surface area contributed by atoms with E-state index in [1.54, 1.807) is 0 Å². The third-order valence-corrected chi connectivity index (χ3v) is 4.30. The second kappa shape index (κ2) is 4.01. The summed E-state index contributed by atoms with van der Waals surface area (Å²) in [7, 11) is 0. The van der Waals surface area contributed by atoms with Crippen molar-refractivity contribution in [3.8, 4) is 0 Å². The van der Waals surface area contributed by atoms with E-state index in [-0.39, 0.29) is 0 Å². The molecule has 3 rings (SSSR count). The van der Waals surface area contributed by atoms with Crippen LogP contribution in [0.3, 0.4) is 0 Å². The maximum atomic E-state index is 6.10. The van der Waals surface area contributed by atoms with Gasteiger partial charge in [-0.15, -0.1) is 0 Å². The van der Waals surface area contributed by atoms with Crippen LogP contribution in [0.1, 0.15) is 45.6 Å². The number of fused-ring (bicyclic) bond motifs is 1. The molecular weight excluding hydrogens is 222 g/mol. The second-order valence-corrected chi connectivity index (χ2v) is 6.22. The molecule has 0 spiro atoms. The number of nitrogens with two attached hydrogens (primary N) is 1. The summed E-state index contributed by atoms with van der Waals surface area (Å²) >= 11 is 0. The van der Waals surface area contributed by atoms with Gasteiger partial charge in [-0.05, 0) is 43.2 Å². The first-order valence-electron chi connectivity index (χ1n) is 6.79. The molecule has 1 aromatic carbocycles. The van der Waals surface area contributed by atoms with Gasteiger partial charge in [-0.2, -0.15) is 0 Å². The number of imidazole rings is 1. The van der Waals surface area contributed by atoms with Crippen LogP contribution in [0.4, 0.5) is 5.95 Å². The second-order valence-electron chi connectivity index (χ2n) is 6.22. The van der Waals surface area contributed by atoms with Gasteiger partial charge in [0.25, 0.3) is 0 Å². The van der Waals surface area contributed by atoms with Gasteiger partial charge in [-0.1, -0.05) is 26.0 Å². The van der Waals surface area contributed by atoms with Crippen LogP contribution in [0.2, 0.25) is 0 Å². The fourth-order valence-electron chi connectivity index (χ4n) is 3.09. The number of nitrogens with zero attached hydrogens (tertiary/aromatic N) is 2.